The summed E-state index contributed by atoms with van der Waals surface area (Å²) in [5, 5.41) is 6.87. The molecule has 1 aromatic heterocycles. The van der Waals surface area contributed by atoms with Crippen molar-refractivity contribution in [2.75, 3.05) is 41.3 Å². The highest BCUT2D eigenvalue weighted by atomic mass is 32.1. The molecule has 7 heteroatoms. The first-order valence-electron chi connectivity index (χ1n) is 10.0. The molecule has 0 radical (unpaired) electrons. The lowest BCUT2D eigenvalue weighted by Gasteiger charge is -2.36. The molecule has 0 amide bonds. The number of thiocarbonyl (C=S) groups is 1. The van der Waals surface area contributed by atoms with Crippen LogP contribution in [0.1, 0.15) is 52.9 Å². The Kier molecular flexibility index (Phi) is 6.51. The average Bonchev–Trinajstić information content (AvgIpc) is 2.62. The molecule has 0 spiro atoms. The quantitative estimate of drug-likeness (QED) is 0.781. The predicted molar refractivity (Wildman–Crippen MR) is 113 cm³/mol. The highest BCUT2D eigenvalue weighted by Crippen LogP contribution is 2.29. The van der Waals surface area contributed by atoms with E-state index in [1.807, 2.05) is 6.92 Å². The largest absolute Gasteiger partial charge is 0.363 e. The van der Waals surface area contributed by atoms with Gasteiger partial charge < -0.3 is 20.4 Å². The summed E-state index contributed by atoms with van der Waals surface area (Å²) in [4.78, 5) is 14.4. The summed E-state index contributed by atoms with van der Waals surface area (Å²) in [6.07, 6.45) is 6.27. The summed E-state index contributed by atoms with van der Waals surface area (Å²) < 4.78 is 0. The molecular weight excluding hydrogens is 344 g/mol. The van der Waals surface area contributed by atoms with Gasteiger partial charge in [-0.3, -0.25) is 0 Å². The molecule has 144 valence electrons. The fourth-order valence-electron chi connectivity index (χ4n) is 3.93. The lowest BCUT2D eigenvalue weighted by molar-refractivity contribution is 0.444. The van der Waals surface area contributed by atoms with Gasteiger partial charge in [0.1, 0.15) is 11.6 Å². The number of hydrogen-bond donors (Lipinski definition) is 2. The van der Waals surface area contributed by atoms with E-state index in [1.165, 1.54) is 32.1 Å². The molecular formula is C19H32N6S. The molecule has 2 N–H and O–H groups in total. The Hall–Kier alpha value is -1.63. The molecule has 0 unspecified atom stereocenters. The van der Waals surface area contributed by atoms with Crippen LogP contribution in [0.3, 0.4) is 0 Å². The van der Waals surface area contributed by atoms with E-state index in [1.54, 1.807) is 0 Å². The molecule has 2 aliphatic rings. The van der Waals surface area contributed by atoms with E-state index in [4.69, 9.17) is 22.2 Å². The van der Waals surface area contributed by atoms with Crippen molar-refractivity contribution in [3.63, 3.8) is 0 Å². The van der Waals surface area contributed by atoms with Gasteiger partial charge in [-0.15, -0.1) is 0 Å². The Morgan fingerprint density at radius 1 is 1.15 bits per heavy atom. The highest BCUT2D eigenvalue weighted by molar-refractivity contribution is 7.80. The lowest BCUT2D eigenvalue weighted by atomic mass is 10.0. The van der Waals surface area contributed by atoms with Crippen molar-refractivity contribution in [3.05, 3.63) is 6.07 Å². The standard InChI is InChI=1S/C19H32N6S/c1-4-20-19(26)23-18-21-16(24-10-7-8-14(2)13-24)12-17(22-18)25-11-6-5-9-15(25)3/h12,14-15H,4-11,13H2,1-3H3,(H2,20,21,22,23,26)/t14-,15+/m0/s1. The van der Waals surface area contributed by atoms with Crippen LogP contribution >= 0.6 is 12.2 Å². The van der Waals surface area contributed by atoms with Crippen molar-refractivity contribution in [2.24, 2.45) is 5.92 Å². The zero-order chi connectivity index (χ0) is 18.5. The van der Waals surface area contributed by atoms with Crippen LogP contribution in [-0.4, -0.2) is 47.3 Å². The zero-order valence-corrected chi connectivity index (χ0v) is 17.1. The maximum atomic E-state index is 5.35. The van der Waals surface area contributed by atoms with Crippen molar-refractivity contribution in [3.8, 4) is 0 Å². The predicted octanol–water partition coefficient (Wildman–Crippen LogP) is 3.40. The molecule has 26 heavy (non-hydrogen) atoms. The van der Waals surface area contributed by atoms with E-state index in [-0.39, 0.29) is 0 Å². The SMILES string of the molecule is CCNC(=S)Nc1nc(N2CCC[C@H](C)C2)cc(N2CCCC[C@H]2C)n1. The van der Waals surface area contributed by atoms with Gasteiger partial charge in [-0.25, -0.2) is 0 Å². The van der Waals surface area contributed by atoms with Crippen molar-refractivity contribution in [1.82, 2.24) is 15.3 Å². The van der Waals surface area contributed by atoms with E-state index in [0.717, 1.165) is 37.8 Å². The number of nitrogens with zero attached hydrogens (tertiary/aromatic N) is 4. The van der Waals surface area contributed by atoms with E-state index < -0.39 is 0 Å². The number of aromatic nitrogens is 2. The molecule has 2 saturated heterocycles. The van der Waals surface area contributed by atoms with Gasteiger partial charge in [-0.05, 0) is 64.1 Å². The van der Waals surface area contributed by atoms with Crippen LogP contribution in [0.15, 0.2) is 6.07 Å². The third-order valence-electron chi connectivity index (χ3n) is 5.34. The molecule has 2 fully saturated rings. The van der Waals surface area contributed by atoms with Crippen LogP contribution in [0.5, 0.6) is 0 Å². The first-order chi connectivity index (χ1) is 12.6. The second-order valence-electron chi connectivity index (χ2n) is 7.62. The minimum atomic E-state index is 0.514. The summed E-state index contributed by atoms with van der Waals surface area (Å²) in [6, 6.07) is 2.68. The van der Waals surface area contributed by atoms with Crippen LogP contribution in [-0.2, 0) is 0 Å². The average molecular weight is 377 g/mol. The molecule has 2 atom stereocenters. The van der Waals surface area contributed by atoms with Gasteiger partial charge in [-0.2, -0.15) is 9.97 Å². The molecule has 0 bridgehead atoms. The Morgan fingerprint density at radius 3 is 2.69 bits per heavy atom. The van der Waals surface area contributed by atoms with Crippen LogP contribution in [0.4, 0.5) is 17.6 Å². The number of piperidine rings is 2. The molecule has 0 aliphatic carbocycles. The number of anilines is 3. The Balaban J connectivity index is 1.89. The van der Waals surface area contributed by atoms with E-state index >= 15 is 0 Å². The van der Waals surface area contributed by atoms with Crippen molar-refractivity contribution in [1.29, 1.82) is 0 Å². The maximum Gasteiger partial charge on any atom is 0.232 e. The minimum Gasteiger partial charge on any atom is -0.363 e. The summed E-state index contributed by atoms with van der Waals surface area (Å²) >= 11 is 5.35. The zero-order valence-electron chi connectivity index (χ0n) is 16.3. The first-order valence-corrected chi connectivity index (χ1v) is 10.4. The van der Waals surface area contributed by atoms with Gasteiger partial charge in [0.2, 0.25) is 5.95 Å². The Labute approximate surface area is 162 Å². The maximum absolute atomic E-state index is 5.35. The normalized spacial score (nSPS) is 23.7. The van der Waals surface area contributed by atoms with E-state index in [2.05, 4.69) is 40.3 Å². The summed E-state index contributed by atoms with van der Waals surface area (Å²) in [7, 11) is 0. The fraction of sp³-hybridized carbons (Fsp3) is 0.737. The van der Waals surface area contributed by atoms with Crippen LogP contribution in [0.2, 0.25) is 0 Å². The first kappa shape index (κ1) is 19.1. The van der Waals surface area contributed by atoms with Crippen LogP contribution < -0.4 is 20.4 Å². The van der Waals surface area contributed by atoms with Crippen molar-refractivity contribution < 1.29 is 0 Å². The molecule has 2 aliphatic heterocycles. The van der Waals surface area contributed by atoms with Gasteiger partial charge in [0, 0.05) is 38.3 Å². The molecule has 0 saturated carbocycles. The number of rotatable bonds is 4. The lowest BCUT2D eigenvalue weighted by Crippen LogP contribution is -2.39. The number of nitrogens with one attached hydrogen (secondary N) is 2. The second-order valence-corrected chi connectivity index (χ2v) is 8.03. The topological polar surface area (TPSA) is 56.3 Å². The van der Waals surface area contributed by atoms with Crippen LogP contribution in [0.25, 0.3) is 0 Å². The molecule has 6 nitrogen and oxygen atoms in total. The Bertz CT molecular complexity index is 622. The monoisotopic (exact) mass is 376 g/mol. The number of hydrogen-bond acceptors (Lipinski definition) is 5. The fourth-order valence-corrected chi connectivity index (χ4v) is 4.16. The molecule has 3 heterocycles. The highest BCUT2D eigenvalue weighted by Gasteiger charge is 2.24. The van der Waals surface area contributed by atoms with E-state index in [0.29, 0.717) is 23.0 Å². The summed E-state index contributed by atoms with van der Waals surface area (Å²) in [6.45, 7) is 10.6. The third-order valence-corrected chi connectivity index (χ3v) is 5.59. The summed E-state index contributed by atoms with van der Waals surface area (Å²) in [5.41, 5.74) is 0. The van der Waals surface area contributed by atoms with Gasteiger partial charge >= 0.3 is 0 Å². The molecule has 3 rings (SSSR count). The second kappa shape index (κ2) is 8.84. The van der Waals surface area contributed by atoms with Crippen molar-refractivity contribution in [2.45, 2.75) is 58.9 Å². The van der Waals surface area contributed by atoms with Gasteiger partial charge in [0.25, 0.3) is 0 Å². The smallest absolute Gasteiger partial charge is 0.232 e. The van der Waals surface area contributed by atoms with Gasteiger partial charge in [0.05, 0.1) is 0 Å². The minimum absolute atomic E-state index is 0.514. The molecule has 1 aromatic rings. The van der Waals surface area contributed by atoms with Crippen LogP contribution in [0, 0.1) is 5.92 Å². The summed E-state index contributed by atoms with van der Waals surface area (Å²) in [5.74, 6) is 3.33. The Morgan fingerprint density at radius 2 is 1.96 bits per heavy atom. The van der Waals surface area contributed by atoms with E-state index in [9.17, 15) is 0 Å². The third kappa shape index (κ3) is 4.75. The van der Waals surface area contributed by atoms with Gasteiger partial charge in [-0.1, -0.05) is 6.92 Å². The van der Waals surface area contributed by atoms with Crippen molar-refractivity contribution >= 4 is 34.9 Å². The van der Waals surface area contributed by atoms with Gasteiger partial charge in [0.15, 0.2) is 5.11 Å². The molecule has 0 aromatic carbocycles.